The fourth-order valence-corrected chi connectivity index (χ4v) is 3.36. The Morgan fingerprint density at radius 2 is 1.41 bits per heavy atom. The van der Waals surface area contributed by atoms with Crippen LogP contribution in [0.15, 0.2) is 78.9 Å². The molecule has 3 aromatic rings. The maximum atomic E-state index is 13.0. The highest BCUT2D eigenvalue weighted by atomic mass is 16.5. The number of methoxy groups -OCH3 is 1. The molecule has 0 saturated heterocycles. The number of hydrogen-bond acceptors (Lipinski definition) is 5. The summed E-state index contributed by atoms with van der Waals surface area (Å²) >= 11 is 0. The van der Waals surface area contributed by atoms with Crippen LogP contribution in [-0.2, 0) is 9.53 Å². The normalized spacial score (nSPS) is 11.7. The van der Waals surface area contributed by atoms with E-state index in [1.165, 1.54) is 7.11 Å². The lowest BCUT2D eigenvalue weighted by molar-refractivity contribution is -0.129. The fourth-order valence-electron chi connectivity index (χ4n) is 3.36. The van der Waals surface area contributed by atoms with Crippen molar-refractivity contribution in [2.75, 3.05) is 13.7 Å². The third-order valence-corrected chi connectivity index (χ3v) is 5.18. The minimum Gasteiger partial charge on any atom is -0.493 e. The molecule has 0 spiro atoms. The molecular formula is C28H31NO5. The number of amides is 1. The van der Waals surface area contributed by atoms with Crippen molar-refractivity contribution in [3.63, 3.8) is 0 Å². The van der Waals surface area contributed by atoms with Gasteiger partial charge in [-0.2, -0.15) is 0 Å². The first kappa shape index (κ1) is 24.8. The van der Waals surface area contributed by atoms with Crippen LogP contribution >= 0.6 is 0 Å². The van der Waals surface area contributed by atoms with Gasteiger partial charge >= 0.3 is 5.97 Å². The molecule has 0 aliphatic carbocycles. The van der Waals surface area contributed by atoms with Gasteiger partial charge in [0.25, 0.3) is 5.91 Å². The van der Waals surface area contributed by atoms with Crippen LogP contribution in [0.1, 0.15) is 48.3 Å². The molecule has 0 aromatic heterocycles. The fraction of sp³-hybridized carbons (Fsp3) is 0.286. The second-order valence-corrected chi connectivity index (χ2v) is 8.38. The van der Waals surface area contributed by atoms with Crippen LogP contribution in [0.3, 0.4) is 0 Å². The molecule has 0 fully saturated rings. The molecule has 1 N–H and O–H groups in total. The number of benzene rings is 3. The molecular weight excluding hydrogens is 430 g/mol. The van der Waals surface area contributed by atoms with Gasteiger partial charge in [-0.05, 0) is 42.2 Å². The van der Waals surface area contributed by atoms with Gasteiger partial charge in [0.2, 0.25) is 0 Å². The number of esters is 1. The van der Waals surface area contributed by atoms with E-state index in [9.17, 15) is 9.59 Å². The number of ether oxygens (including phenoxy) is 3. The summed E-state index contributed by atoms with van der Waals surface area (Å²) in [6.45, 7) is 6.18. The molecule has 6 nitrogen and oxygen atoms in total. The van der Waals surface area contributed by atoms with E-state index >= 15 is 0 Å². The van der Waals surface area contributed by atoms with Crippen molar-refractivity contribution in [1.29, 1.82) is 0 Å². The number of carbonyl (C=O) groups excluding carboxylic acids is 2. The van der Waals surface area contributed by atoms with Crippen molar-refractivity contribution < 1.29 is 23.8 Å². The summed E-state index contributed by atoms with van der Waals surface area (Å²) in [7, 11) is 1.51. The van der Waals surface area contributed by atoms with Gasteiger partial charge in [-0.15, -0.1) is 0 Å². The summed E-state index contributed by atoms with van der Waals surface area (Å²) < 4.78 is 16.6. The van der Waals surface area contributed by atoms with Crippen LogP contribution < -0.4 is 14.8 Å². The van der Waals surface area contributed by atoms with Crippen LogP contribution in [0.2, 0.25) is 0 Å². The minimum atomic E-state index is -0.995. The van der Waals surface area contributed by atoms with E-state index in [2.05, 4.69) is 5.32 Å². The van der Waals surface area contributed by atoms with Gasteiger partial charge in [0.1, 0.15) is 0 Å². The van der Waals surface area contributed by atoms with E-state index in [1.54, 1.807) is 25.1 Å². The number of carbonyl (C=O) groups is 2. The third-order valence-electron chi connectivity index (χ3n) is 5.18. The van der Waals surface area contributed by atoms with Gasteiger partial charge < -0.3 is 19.5 Å². The average Bonchev–Trinajstić information content (AvgIpc) is 2.86. The number of rotatable bonds is 10. The Morgan fingerprint density at radius 1 is 0.824 bits per heavy atom. The van der Waals surface area contributed by atoms with Crippen LogP contribution in [-0.4, -0.2) is 31.7 Å². The maximum absolute atomic E-state index is 13.0. The second kappa shape index (κ2) is 11.9. The van der Waals surface area contributed by atoms with Gasteiger partial charge in [-0.3, -0.25) is 4.79 Å². The summed E-state index contributed by atoms with van der Waals surface area (Å²) in [5, 5.41) is 3.00. The highest BCUT2D eigenvalue weighted by Gasteiger charge is 2.24. The average molecular weight is 462 g/mol. The molecule has 0 aliphatic rings. The third kappa shape index (κ3) is 6.61. The van der Waals surface area contributed by atoms with Crippen molar-refractivity contribution in [3.05, 3.63) is 95.6 Å². The lowest BCUT2D eigenvalue weighted by Crippen LogP contribution is -2.38. The predicted octanol–water partition coefficient (Wildman–Crippen LogP) is 5.18. The Bertz CT molecular complexity index is 1040. The van der Waals surface area contributed by atoms with E-state index in [4.69, 9.17) is 14.2 Å². The summed E-state index contributed by atoms with van der Waals surface area (Å²) in [6, 6.07) is 23.8. The Morgan fingerprint density at radius 3 is 1.94 bits per heavy atom. The van der Waals surface area contributed by atoms with Crippen molar-refractivity contribution in [2.45, 2.75) is 32.9 Å². The lowest BCUT2D eigenvalue weighted by Gasteiger charge is -2.22. The minimum absolute atomic E-state index is 0.274. The quantitative estimate of drug-likeness (QED) is 0.421. The molecule has 0 bridgehead atoms. The molecule has 1 atom stereocenters. The zero-order valence-corrected chi connectivity index (χ0v) is 20.0. The first-order valence-corrected chi connectivity index (χ1v) is 11.3. The topological polar surface area (TPSA) is 73.9 Å². The van der Waals surface area contributed by atoms with Crippen LogP contribution in [0, 0.1) is 5.92 Å². The Labute approximate surface area is 200 Å². The monoisotopic (exact) mass is 461 g/mol. The van der Waals surface area contributed by atoms with Gasteiger partial charge in [-0.25, -0.2) is 4.79 Å². The smallest absolute Gasteiger partial charge is 0.339 e. The molecule has 0 heterocycles. The molecule has 1 amide bonds. The van der Waals surface area contributed by atoms with Crippen LogP contribution in [0.25, 0.3) is 0 Å². The Hall–Kier alpha value is -3.80. The highest BCUT2D eigenvalue weighted by Crippen LogP contribution is 2.29. The van der Waals surface area contributed by atoms with Crippen molar-refractivity contribution >= 4 is 11.9 Å². The Kier molecular flexibility index (Phi) is 8.68. The highest BCUT2D eigenvalue weighted by molar-refractivity contribution is 5.93. The first-order chi connectivity index (χ1) is 16.4. The van der Waals surface area contributed by atoms with E-state index in [0.717, 1.165) is 11.1 Å². The first-order valence-electron chi connectivity index (χ1n) is 11.3. The van der Waals surface area contributed by atoms with E-state index in [0.29, 0.717) is 24.0 Å². The van der Waals surface area contributed by atoms with Crippen molar-refractivity contribution in [1.82, 2.24) is 5.32 Å². The van der Waals surface area contributed by atoms with E-state index < -0.39 is 18.0 Å². The van der Waals surface area contributed by atoms with Crippen molar-refractivity contribution in [3.8, 4) is 11.5 Å². The van der Waals surface area contributed by atoms with E-state index in [1.807, 2.05) is 74.5 Å². The van der Waals surface area contributed by atoms with Crippen molar-refractivity contribution in [2.24, 2.45) is 5.92 Å². The molecule has 3 rings (SSSR count). The van der Waals surface area contributed by atoms with Crippen LogP contribution in [0.5, 0.6) is 11.5 Å². The standard InChI is InChI=1S/C28H31NO5/c1-19(2)18-33-24-16-15-23(17-25(24)32-4)28(31)34-20(3)27(30)29-26(21-11-7-5-8-12-21)22-13-9-6-10-14-22/h5-17,19-20,26H,18H2,1-4H3,(H,29,30). The summed E-state index contributed by atoms with van der Waals surface area (Å²) in [5.74, 6) is 0.319. The zero-order chi connectivity index (χ0) is 24.5. The molecule has 34 heavy (non-hydrogen) atoms. The summed E-state index contributed by atoms with van der Waals surface area (Å²) in [5.41, 5.74) is 2.14. The number of nitrogens with one attached hydrogen (secondary N) is 1. The van der Waals surface area contributed by atoms with Gasteiger partial charge in [0.05, 0.1) is 25.3 Å². The van der Waals surface area contributed by atoms with Gasteiger partial charge in [-0.1, -0.05) is 74.5 Å². The summed E-state index contributed by atoms with van der Waals surface area (Å²) in [4.78, 5) is 25.7. The molecule has 0 aliphatic heterocycles. The SMILES string of the molecule is COc1cc(C(=O)OC(C)C(=O)NC(c2ccccc2)c2ccccc2)ccc1OCC(C)C. The Balaban J connectivity index is 1.70. The second-order valence-electron chi connectivity index (χ2n) is 8.38. The molecule has 1 unspecified atom stereocenters. The lowest BCUT2D eigenvalue weighted by atomic mass is 9.98. The summed E-state index contributed by atoms with van der Waals surface area (Å²) in [6.07, 6.45) is -0.995. The van der Waals surface area contributed by atoms with E-state index in [-0.39, 0.29) is 11.6 Å². The zero-order valence-electron chi connectivity index (χ0n) is 20.0. The number of hydrogen-bond donors (Lipinski definition) is 1. The van der Waals surface area contributed by atoms with Gasteiger partial charge in [0.15, 0.2) is 17.6 Å². The molecule has 3 aromatic carbocycles. The largest absolute Gasteiger partial charge is 0.493 e. The molecule has 0 saturated carbocycles. The molecule has 0 radical (unpaired) electrons. The van der Waals surface area contributed by atoms with Crippen LogP contribution in [0.4, 0.5) is 0 Å². The van der Waals surface area contributed by atoms with Gasteiger partial charge in [0, 0.05) is 0 Å². The predicted molar refractivity (Wildman–Crippen MR) is 131 cm³/mol. The maximum Gasteiger partial charge on any atom is 0.339 e. The molecule has 178 valence electrons. The molecule has 6 heteroatoms.